The van der Waals surface area contributed by atoms with E-state index >= 15 is 0 Å². The van der Waals surface area contributed by atoms with Crippen LogP contribution in [0.3, 0.4) is 0 Å². The fourth-order valence-electron chi connectivity index (χ4n) is 4.37. The zero-order chi connectivity index (χ0) is 29.1. The summed E-state index contributed by atoms with van der Waals surface area (Å²) in [5, 5.41) is 3.38. The number of hydrogen-bond acceptors (Lipinski definition) is 4. The van der Waals surface area contributed by atoms with Crippen LogP contribution in [0.2, 0.25) is 5.02 Å². The number of halogens is 2. The van der Waals surface area contributed by atoms with Crippen molar-refractivity contribution in [1.82, 2.24) is 10.2 Å². The first-order chi connectivity index (χ1) is 19.1. The van der Waals surface area contributed by atoms with Crippen LogP contribution in [-0.4, -0.2) is 50.5 Å². The largest absolute Gasteiger partial charge is 0.354 e. The van der Waals surface area contributed by atoms with Crippen molar-refractivity contribution in [2.24, 2.45) is 0 Å². The number of amides is 2. The maximum absolute atomic E-state index is 14.4. The molecule has 1 atom stereocenters. The number of nitrogens with one attached hydrogen (secondary N) is 1. The van der Waals surface area contributed by atoms with Gasteiger partial charge >= 0.3 is 0 Å². The van der Waals surface area contributed by atoms with Crippen LogP contribution < -0.4 is 9.62 Å². The Hall–Kier alpha value is -3.43. The second-order valence-electron chi connectivity index (χ2n) is 9.50. The van der Waals surface area contributed by atoms with E-state index in [1.807, 2.05) is 43.3 Å². The van der Waals surface area contributed by atoms with Crippen LogP contribution in [-0.2, 0) is 32.6 Å². The maximum atomic E-state index is 14.4. The molecule has 2 amide bonds. The molecule has 0 spiro atoms. The highest BCUT2D eigenvalue weighted by molar-refractivity contribution is 7.92. The highest BCUT2D eigenvalue weighted by Gasteiger charge is 2.31. The Morgan fingerprint density at radius 3 is 2.27 bits per heavy atom. The Bertz CT molecular complexity index is 1390. The van der Waals surface area contributed by atoms with Gasteiger partial charge in [-0.3, -0.25) is 13.9 Å². The summed E-state index contributed by atoms with van der Waals surface area (Å²) in [7, 11) is -3.81. The van der Waals surface area contributed by atoms with E-state index in [0.29, 0.717) is 17.1 Å². The van der Waals surface area contributed by atoms with E-state index in [1.54, 1.807) is 24.3 Å². The minimum Gasteiger partial charge on any atom is -0.354 e. The van der Waals surface area contributed by atoms with Crippen molar-refractivity contribution in [1.29, 1.82) is 0 Å². The molecule has 0 heterocycles. The number of hydrogen-bond donors (Lipinski definition) is 1. The van der Waals surface area contributed by atoms with Gasteiger partial charge in [0.25, 0.3) is 0 Å². The van der Waals surface area contributed by atoms with Crippen LogP contribution in [0.15, 0.2) is 78.9 Å². The van der Waals surface area contributed by atoms with Crippen LogP contribution in [0.5, 0.6) is 0 Å². The highest BCUT2D eigenvalue weighted by atomic mass is 35.5. The van der Waals surface area contributed by atoms with E-state index in [-0.39, 0.29) is 49.9 Å². The molecule has 0 aliphatic rings. The molecule has 1 N–H and O–H groups in total. The van der Waals surface area contributed by atoms with E-state index in [4.69, 9.17) is 11.6 Å². The molecule has 0 aromatic heterocycles. The Labute approximate surface area is 241 Å². The number of carbonyl (C=O) groups excluding carboxylic acids is 2. The lowest BCUT2D eigenvalue weighted by Crippen LogP contribution is -2.50. The zero-order valence-corrected chi connectivity index (χ0v) is 24.3. The first-order valence-electron chi connectivity index (χ1n) is 13.2. The second-order valence-corrected chi connectivity index (χ2v) is 11.8. The summed E-state index contributed by atoms with van der Waals surface area (Å²) in [6.45, 7) is 2.40. The third kappa shape index (κ3) is 8.79. The van der Waals surface area contributed by atoms with Crippen LogP contribution >= 0.6 is 11.6 Å². The molecule has 0 fully saturated rings. The van der Waals surface area contributed by atoms with Gasteiger partial charge in [-0.25, -0.2) is 12.8 Å². The molecule has 0 aliphatic heterocycles. The molecule has 0 saturated heterocycles. The molecule has 40 heavy (non-hydrogen) atoms. The first-order valence-corrected chi connectivity index (χ1v) is 15.4. The van der Waals surface area contributed by atoms with Gasteiger partial charge in [0.05, 0.1) is 11.9 Å². The van der Waals surface area contributed by atoms with Gasteiger partial charge in [0.1, 0.15) is 11.9 Å². The zero-order valence-electron chi connectivity index (χ0n) is 22.7. The molecule has 214 valence electrons. The summed E-state index contributed by atoms with van der Waals surface area (Å²) in [5.74, 6) is -1.29. The van der Waals surface area contributed by atoms with Gasteiger partial charge in [0.15, 0.2) is 0 Å². The van der Waals surface area contributed by atoms with E-state index in [2.05, 4.69) is 5.32 Å². The first kappa shape index (κ1) is 31.1. The lowest BCUT2D eigenvalue weighted by molar-refractivity contribution is -0.141. The molecule has 10 heteroatoms. The minimum absolute atomic E-state index is 0.0583. The van der Waals surface area contributed by atoms with Crippen molar-refractivity contribution in [3.8, 4) is 0 Å². The lowest BCUT2D eigenvalue weighted by Gasteiger charge is -2.32. The number of benzene rings is 3. The average molecular weight is 588 g/mol. The molecular weight excluding hydrogens is 553 g/mol. The summed E-state index contributed by atoms with van der Waals surface area (Å²) < 4.78 is 40.3. The van der Waals surface area contributed by atoms with Crippen molar-refractivity contribution in [2.45, 2.75) is 45.2 Å². The van der Waals surface area contributed by atoms with Gasteiger partial charge in [-0.05, 0) is 42.2 Å². The fourth-order valence-corrected chi connectivity index (χ4v) is 5.53. The molecule has 0 aliphatic carbocycles. The number of nitrogens with zero attached hydrogens (tertiary/aromatic N) is 2. The quantitative estimate of drug-likeness (QED) is 0.281. The van der Waals surface area contributed by atoms with Gasteiger partial charge in [-0.2, -0.15) is 0 Å². The van der Waals surface area contributed by atoms with Crippen LogP contribution in [0.1, 0.15) is 37.3 Å². The Morgan fingerprint density at radius 2 is 1.62 bits per heavy atom. The summed E-state index contributed by atoms with van der Waals surface area (Å²) in [6, 6.07) is 21.3. The number of para-hydroxylation sites is 1. The third-order valence-corrected chi connectivity index (χ3v) is 7.94. The SMILES string of the molecule is CCCNC(=O)C(Cc1ccccc1)N(Cc1ccccc1Cl)C(=O)CCCN(c1ccccc1F)S(C)(=O)=O. The van der Waals surface area contributed by atoms with Gasteiger partial charge in [0.2, 0.25) is 21.8 Å². The van der Waals surface area contributed by atoms with Crippen molar-refractivity contribution in [3.63, 3.8) is 0 Å². The Morgan fingerprint density at radius 1 is 0.975 bits per heavy atom. The third-order valence-electron chi connectivity index (χ3n) is 6.39. The van der Waals surface area contributed by atoms with E-state index in [0.717, 1.165) is 22.5 Å². The molecule has 7 nitrogen and oxygen atoms in total. The van der Waals surface area contributed by atoms with Crippen LogP contribution in [0.4, 0.5) is 10.1 Å². The normalized spacial score (nSPS) is 12.0. The van der Waals surface area contributed by atoms with Gasteiger partial charge < -0.3 is 10.2 Å². The summed E-state index contributed by atoms with van der Waals surface area (Å²) in [6.07, 6.45) is 2.08. The van der Waals surface area contributed by atoms with Crippen molar-refractivity contribution in [3.05, 3.63) is 101 Å². The average Bonchev–Trinajstić information content (AvgIpc) is 2.93. The molecule has 0 radical (unpaired) electrons. The molecule has 0 saturated carbocycles. The predicted octanol–water partition coefficient (Wildman–Crippen LogP) is 5.19. The summed E-state index contributed by atoms with van der Waals surface area (Å²) in [4.78, 5) is 28.7. The fraction of sp³-hybridized carbons (Fsp3) is 0.333. The maximum Gasteiger partial charge on any atom is 0.243 e. The summed E-state index contributed by atoms with van der Waals surface area (Å²) in [5.41, 5.74) is 1.49. The number of anilines is 1. The monoisotopic (exact) mass is 587 g/mol. The molecule has 0 bridgehead atoms. The topological polar surface area (TPSA) is 86.8 Å². The van der Waals surface area contributed by atoms with E-state index in [1.165, 1.54) is 23.1 Å². The van der Waals surface area contributed by atoms with Crippen LogP contribution in [0.25, 0.3) is 0 Å². The number of carbonyl (C=O) groups is 2. The van der Waals surface area contributed by atoms with Gasteiger partial charge in [0, 0.05) is 37.5 Å². The standard InChI is InChI=1S/C30H35ClFN3O4S/c1-3-19-33-30(37)28(21-23-12-5-4-6-13-23)34(22-24-14-7-8-15-25(24)31)29(36)18-11-20-35(40(2,38)39)27-17-10-9-16-26(27)32/h4-10,12-17,28H,3,11,18-22H2,1-2H3,(H,33,37). The number of sulfonamides is 1. The highest BCUT2D eigenvalue weighted by Crippen LogP contribution is 2.24. The molecule has 3 aromatic rings. The van der Waals surface area contributed by atoms with Crippen molar-refractivity contribution < 1.29 is 22.4 Å². The van der Waals surface area contributed by atoms with Gasteiger partial charge in [-0.15, -0.1) is 0 Å². The van der Waals surface area contributed by atoms with Crippen molar-refractivity contribution in [2.75, 3.05) is 23.7 Å². The molecule has 3 aromatic carbocycles. The summed E-state index contributed by atoms with van der Waals surface area (Å²) >= 11 is 6.43. The van der Waals surface area contributed by atoms with Gasteiger partial charge in [-0.1, -0.05) is 79.2 Å². The number of rotatable bonds is 14. The van der Waals surface area contributed by atoms with E-state index < -0.39 is 21.9 Å². The Kier molecular flexibility index (Phi) is 11.5. The lowest BCUT2D eigenvalue weighted by atomic mass is 10.0. The molecule has 3 rings (SSSR count). The minimum atomic E-state index is -3.81. The predicted molar refractivity (Wildman–Crippen MR) is 157 cm³/mol. The van der Waals surface area contributed by atoms with Crippen LogP contribution in [0, 0.1) is 5.82 Å². The molecule has 1 unspecified atom stereocenters. The van der Waals surface area contributed by atoms with Crippen molar-refractivity contribution >= 4 is 39.1 Å². The second kappa shape index (κ2) is 14.8. The smallest absolute Gasteiger partial charge is 0.243 e. The van der Waals surface area contributed by atoms with E-state index in [9.17, 15) is 22.4 Å². The molecular formula is C30H35ClFN3O4S. The Balaban J connectivity index is 1.89.